The predicted molar refractivity (Wildman–Crippen MR) is 71.5 cm³/mol. The summed E-state index contributed by atoms with van der Waals surface area (Å²) in [6.45, 7) is 2.58. The Morgan fingerprint density at radius 3 is 2.42 bits per heavy atom. The molecule has 1 aliphatic rings. The van der Waals surface area contributed by atoms with E-state index in [1.807, 2.05) is 0 Å². The molecule has 1 aromatic rings. The van der Waals surface area contributed by atoms with Gasteiger partial charge in [0.15, 0.2) is 0 Å². The van der Waals surface area contributed by atoms with Gasteiger partial charge in [-0.3, -0.25) is 4.68 Å². The first kappa shape index (κ1) is 14.8. The molecule has 0 amide bonds. The molecule has 19 heavy (non-hydrogen) atoms. The number of aryl methyl sites for hydroxylation is 2. The maximum atomic E-state index is 12.6. The van der Waals surface area contributed by atoms with E-state index in [1.165, 1.54) is 8.99 Å². The van der Waals surface area contributed by atoms with Gasteiger partial charge in [-0.15, -0.1) is 0 Å². The summed E-state index contributed by atoms with van der Waals surface area (Å²) < 4.78 is 27.9. The zero-order chi connectivity index (χ0) is 14.2. The van der Waals surface area contributed by atoms with Gasteiger partial charge in [0.2, 0.25) is 10.0 Å². The van der Waals surface area contributed by atoms with Gasteiger partial charge in [-0.05, 0) is 25.7 Å². The topological polar surface area (TPSA) is 75.4 Å². The molecule has 8 heteroatoms. The monoisotopic (exact) mass is 307 g/mol. The minimum atomic E-state index is -3.60. The Morgan fingerprint density at radius 2 is 2.00 bits per heavy atom. The summed E-state index contributed by atoms with van der Waals surface area (Å²) in [6.07, 6.45) is 1.35. The van der Waals surface area contributed by atoms with Gasteiger partial charge < -0.3 is 5.11 Å². The van der Waals surface area contributed by atoms with Crippen molar-refractivity contribution in [2.45, 2.75) is 24.7 Å². The van der Waals surface area contributed by atoms with Crippen molar-refractivity contribution in [2.24, 2.45) is 13.0 Å². The van der Waals surface area contributed by atoms with Crippen LogP contribution in [-0.2, 0) is 17.1 Å². The third kappa shape index (κ3) is 2.65. The second-order valence-corrected chi connectivity index (χ2v) is 7.09. The first-order valence-electron chi connectivity index (χ1n) is 6.18. The number of aliphatic hydroxyl groups excluding tert-OH is 1. The molecule has 108 valence electrons. The fourth-order valence-corrected chi connectivity index (χ4v) is 4.54. The summed E-state index contributed by atoms with van der Waals surface area (Å²) in [4.78, 5) is 0.0964. The molecule has 2 rings (SSSR count). The van der Waals surface area contributed by atoms with Crippen LogP contribution in [0.4, 0.5) is 0 Å². The van der Waals surface area contributed by atoms with Gasteiger partial charge in [0.05, 0.1) is 5.69 Å². The quantitative estimate of drug-likeness (QED) is 0.895. The number of hydrogen-bond acceptors (Lipinski definition) is 4. The van der Waals surface area contributed by atoms with Crippen LogP contribution < -0.4 is 0 Å². The maximum absolute atomic E-state index is 12.6. The van der Waals surface area contributed by atoms with Crippen LogP contribution in [0.1, 0.15) is 18.5 Å². The molecule has 0 spiro atoms. The lowest BCUT2D eigenvalue weighted by atomic mass is 10.00. The van der Waals surface area contributed by atoms with Crippen LogP contribution in [0.5, 0.6) is 0 Å². The average molecular weight is 308 g/mol. The number of sulfonamides is 1. The van der Waals surface area contributed by atoms with Crippen molar-refractivity contribution in [2.75, 3.05) is 19.7 Å². The van der Waals surface area contributed by atoms with E-state index in [9.17, 15) is 8.42 Å². The summed E-state index contributed by atoms with van der Waals surface area (Å²) >= 11 is 6.03. The minimum Gasteiger partial charge on any atom is -0.396 e. The van der Waals surface area contributed by atoms with Gasteiger partial charge >= 0.3 is 0 Å². The van der Waals surface area contributed by atoms with Crippen LogP contribution in [0, 0.1) is 12.8 Å². The highest BCUT2D eigenvalue weighted by Crippen LogP contribution is 2.29. The molecule has 1 saturated heterocycles. The number of hydrogen-bond donors (Lipinski definition) is 1. The van der Waals surface area contributed by atoms with Crippen LogP contribution in [-0.4, -0.2) is 47.3 Å². The van der Waals surface area contributed by atoms with E-state index in [0.29, 0.717) is 31.6 Å². The lowest BCUT2D eigenvalue weighted by Gasteiger charge is -2.30. The van der Waals surface area contributed by atoms with Crippen LogP contribution >= 0.6 is 11.6 Å². The third-order valence-corrected chi connectivity index (χ3v) is 6.12. The number of aliphatic hydroxyl groups is 1. The molecule has 1 fully saturated rings. The second-order valence-electron chi connectivity index (χ2n) is 4.86. The van der Waals surface area contributed by atoms with Crippen molar-refractivity contribution in [1.82, 2.24) is 14.1 Å². The zero-order valence-corrected chi connectivity index (χ0v) is 12.6. The second kappa shape index (κ2) is 5.40. The summed E-state index contributed by atoms with van der Waals surface area (Å²) in [7, 11) is -1.98. The maximum Gasteiger partial charge on any atom is 0.248 e. The number of halogens is 1. The minimum absolute atomic E-state index is 0.0964. The fourth-order valence-electron chi connectivity index (χ4n) is 2.36. The summed E-state index contributed by atoms with van der Waals surface area (Å²) in [5.74, 6) is 0.192. The first-order valence-corrected chi connectivity index (χ1v) is 7.99. The fraction of sp³-hybridized carbons (Fsp3) is 0.727. The van der Waals surface area contributed by atoms with E-state index < -0.39 is 10.0 Å². The third-order valence-electron chi connectivity index (χ3n) is 3.53. The van der Waals surface area contributed by atoms with E-state index >= 15 is 0 Å². The van der Waals surface area contributed by atoms with Crippen molar-refractivity contribution in [3.05, 3.63) is 10.8 Å². The molecule has 0 aromatic carbocycles. The molecule has 0 aliphatic carbocycles. The van der Waals surface area contributed by atoms with Gasteiger partial charge in [0.25, 0.3) is 0 Å². The van der Waals surface area contributed by atoms with E-state index in [4.69, 9.17) is 16.7 Å². The summed E-state index contributed by atoms with van der Waals surface area (Å²) in [6, 6.07) is 0. The molecule has 1 aromatic heterocycles. The molecule has 0 radical (unpaired) electrons. The Kier molecular flexibility index (Phi) is 4.20. The highest BCUT2D eigenvalue weighted by Gasteiger charge is 2.33. The number of aromatic nitrogens is 2. The van der Waals surface area contributed by atoms with E-state index in [0.717, 1.165) is 0 Å². The average Bonchev–Trinajstić information content (AvgIpc) is 2.63. The molecule has 6 nitrogen and oxygen atoms in total. The summed E-state index contributed by atoms with van der Waals surface area (Å²) in [5, 5.41) is 13.3. The van der Waals surface area contributed by atoms with Gasteiger partial charge in [0, 0.05) is 26.7 Å². The normalized spacial score (nSPS) is 18.9. The van der Waals surface area contributed by atoms with E-state index in [1.54, 1.807) is 14.0 Å². The standard InChI is InChI=1S/C11H18ClN3O3S/c1-8-10(11(12)14(2)13-8)19(17,18)15-5-3-9(7-16)4-6-15/h9,16H,3-7H2,1-2H3. The largest absolute Gasteiger partial charge is 0.396 e. The van der Waals surface area contributed by atoms with Crippen molar-refractivity contribution >= 4 is 21.6 Å². The molecule has 0 saturated carbocycles. The molecular weight excluding hydrogens is 290 g/mol. The Morgan fingerprint density at radius 1 is 1.42 bits per heavy atom. The Bertz CT molecular complexity index is 562. The zero-order valence-electron chi connectivity index (χ0n) is 11.0. The van der Waals surface area contributed by atoms with Gasteiger partial charge in [0.1, 0.15) is 10.0 Å². The molecule has 0 atom stereocenters. The van der Waals surface area contributed by atoms with E-state index in [-0.39, 0.29) is 22.6 Å². The van der Waals surface area contributed by atoms with Gasteiger partial charge in [-0.1, -0.05) is 11.6 Å². The number of rotatable bonds is 3. The van der Waals surface area contributed by atoms with E-state index in [2.05, 4.69) is 5.10 Å². The Balaban J connectivity index is 2.28. The van der Waals surface area contributed by atoms with Crippen molar-refractivity contribution in [3.8, 4) is 0 Å². The highest BCUT2D eigenvalue weighted by molar-refractivity contribution is 7.89. The molecule has 1 N–H and O–H groups in total. The van der Waals surface area contributed by atoms with Gasteiger partial charge in [-0.2, -0.15) is 9.40 Å². The first-order chi connectivity index (χ1) is 8.87. The lowest BCUT2D eigenvalue weighted by molar-refractivity contribution is 0.170. The summed E-state index contributed by atoms with van der Waals surface area (Å²) in [5.41, 5.74) is 0.414. The smallest absolute Gasteiger partial charge is 0.248 e. The Labute approximate surface area is 118 Å². The lowest BCUT2D eigenvalue weighted by Crippen LogP contribution is -2.39. The molecule has 0 unspecified atom stereocenters. The van der Waals surface area contributed by atoms with Crippen LogP contribution in [0.15, 0.2) is 4.90 Å². The van der Waals surface area contributed by atoms with Crippen molar-refractivity contribution in [1.29, 1.82) is 0 Å². The molecule has 0 bridgehead atoms. The van der Waals surface area contributed by atoms with Gasteiger partial charge in [-0.25, -0.2) is 8.42 Å². The Hall–Kier alpha value is -0.630. The number of piperidine rings is 1. The highest BCUT2D eigenvalue weighted by atomic mass is 35.5. The van der Waals surface area contributed by atoms with Crippen LogP contribution in [0.25, 0.3) is 0 Å². The predicted octanol–water partition coefficient (Wildman–Crippen LogP) is 0.775. The SMILES string of the molecule is Cc1nn(C)c(Cl)c1S(=O)(=O)N1CCC(CO)CC1. The van der Waals surface area contributed by atoms with Crippen molar-refractivity contribution < 1.29 is 13.5 Å². The van der Waals surface area contributed by atoms with Crippen LogP contribution in [0.2, 0.25) is 5.15 Å². The molecule has 2 heterocycles. The van der Waals surface area contributed by atoms with Crippen molar-refractivity contribution in [3.63, 3.8) is 0 Å². The van der Waals surface area contributed by atoms with Crippen LogP contribution in [0.3, 0.4) is 0 Å². The number of nitrogens with zero attached hydrogens (tertiary/aromatic N) is 3. The molecule has 1 aliphatic heterocycles. The molecular formula is C11H18ClN3O3S.